The molecule has 0 radical (unpaired) electrons. The Labute approximate surface area is 119 Å². The largest absolute Gasteiger partial charge is 0.504 e. The van der Waals surface area contributed by atoms with E-state index < -0.39 is 0 Å². The zero-order valence-electron chi connectivity index (χ0n) is 10.8. The summed E-state index contributed by atoms with van der Waals surface area (Å²) < 4.78 is 18.6. The number of nitrogens with zero attached hydrogens (tertiary/aromatic N) is 2. The summed E-state index contributed by atoms with van der Waals surface area (Å²) >= 11 is 0. The molecule has 1 aromatic heterocycles. The molecule has 0 saturated carbocycles. The summed E-state index contributed by atoms with van der Waals surface area (Å²) in [7, 11) is 0. The van der Waals surface area contributed by atoms with E-state index in [1.807, 2.05) is 0 Å². The van der Waals surface area contributed by atoms with Crippen molar-refractivity contribution in [2.45, 2.75) is 6.42 Å². The molecule has 0 aliphatic carbocycles. The molecule has 0 unspecified atom stereocenters. The fourth-order valence-corrected chi connectivity index (χ4v) is 1.91. The summed E-state index contributed by atoms with van der Waals surface area (Å²) in [6, 6.07) is 10.5. The van der Waals surface area contributed by atoms with E-state index in [0.29, 0.717) is 17.0 Å². The van der Waals surface area contributed by atoms with E-state index in [1.54, 1.807) is 18.2 Å². The Kier molecular flexibility index (Phi) is 3.27. The first-order valence-corrected chi connectivity index (χ1v) is 6.22. The molecule has 1 heterocycles. The normalized spacial score (nSPS) is 10.7. The summed E-state index contributed by atoms with van der Waals surface area (Å²) in [4.78, 5) is 4.15. The minimum atomic E-state index is -0.328. The first kappa shape index (κ1) is 13.1. The standard InChI is InChI=1S/C15H11FN2O3/c16-11-4-2-1-3-9(11)8-14-17-15(21-18-14)10-5-6-12(19)13(20)7-10/h1-7,19-20H,8H2. The van der Waals surface area contributed by atoms with Gasteiger partial charge in [-0.3, -0.25) is 0 Å². The zero-order valence-corrected chi connectivity index (χ0v) is 10.8. The number of hydrogen-bond donors (Lipinski definition) is 2. The summed E-state index contributed by atoms with van der Waals surface area (Å²) in [6.07, 6.45) is 0.209. The molecule has 0 amide bonds. The molecule has 0 aliphatic rings. The third-order valence-corrected chi connectivity index (χ3v) is 3.00. The SMILES string of the molecule is Oc1ccc(-c2nc(Cc3ccccc3F)no2)cc1O. The summed E-state index contributed by atoms with van der Waals surface area (Å²) in [5, 5.41) is 22.5. The highest BCUT2D eigenvalue weighted by Gasteiger charge is 2.12. The van der Waals surface area contributed by atoms with Crippen LogP contribution in [0.4, 0.5) is 4.39 Å². The second-order valence-corrected chi connectivity index (χ2v) is 4.49. The van der Waals surface area contributed by atoms with E-state index in [-0.39, 0.29) is 29.6 Å². The highest BCUT2D eigenvalue weighted by atomic mass is 19.1. The third-order valence-electron chi connectivity index (χ3n) is 3.00. The maximum Gasteiger partial charge on any atom is 0.258 e. The van der Waals surface area contributed by atoms with Crippen molar-refractivity contribution in [1.29, 1.82) is 0 Å². The zero-order chi connectivity index (χ0) is 14.8. The number of rotatable bonds is 3. The van der Waals surface area contributed by atoms with Crippen LogP contribution in [0, 0.1) is 5.82 Å². The maximum atomic E-state index is 13.6. The van der Waals surface area contributed by atoms with E-state index in [9.17, 15) is 14.6 Å². The average molecular weight is 286 g/mol. The second-order valence-electron chi connectivity index (χ2n) is 4.49. The minimum absolute atomic E-state index is 0.191. The minimum Gasteiger partial charge on any atom is -0.504 e. The lowest BCUT2D eigenvalue weighted by Crippen LogP contribution is -1.94. The van der Waals surface area contributed by atoms with Gasteiger partial charge in [-0.25, -0.2) is 4.39 Å². The lowest BCUT2D eigenvalue weighted by molar-refractivity contribution is 0.402. The number of halogens is 1. The first-order valence-electron chi connectivity index (χ1n) is 6.22. The van der Waals surface area contributed by atoms with E-state index in [1.165, 1.54) is 24.3 Å². The number of phenols is 2. The predicted octanol–water partition coefficient (Wildman–Crippen LogP) is 2.88. The van der Waals surface area contributed by atoms with Crippen molar-refractivity contribution in [3.63, 3.8) is 0 Å². The molecule has 2 aromatic carbocycles. The van der Waals surface area contributed by atoms with Gasteiger partial charge in [-0.05, 0) is 29.8 Å². The van der Waals surface area contributed by atoms with Crippen LogP contribution in [0.5, 0.6) is 11.5 Å². The van der Waals surface area contributed by atoms with Gasteiger partial charge in [0.1, 0.15) is 5.82 Å². The third kappa shape index (κ3) is 2.69. The topological polar surface area (TPSA) is 79.4 Å². The maximum absolute atomic E-state index is 13.6. The Bertz CT molecular complexity index is 786. The average Bonchev–Trinajstić information content (AvgIpc) is 2.93. The van der Waals surface area contributed by atoms with Crippen LogP contribution in [-0.2, 0) is 6.42 Å². The van der Waals surface area contributed by atoms with Crippen molar-refractivity contribution >= 4 is 0 Å². The van der Waals surface area contributed by atoms with Crippen LogP contribution in [0.15, 0.2) is 47.0 Å². The highest BCUT2D eigenvalue weighted by Crippen LogP contribution is 2.29. The van der Waals surface area contributed by atoms with Crippen LogP contribution < -0.4 is 0 Å². The molecule has 0 atom stereocenters. The lowest BCUT2D eigenvalue weighted by Gasteiger charge is -1.98. The van der Waals surface area contributed by atoms with Crippen LogP contribution in [0.1, 0.15) is 11.4 Å². The highest BCUT2D eigenvalue weighted by molar-refractivity contribution is 5.58. The molecule has 0 spiro atoms. The Morgan fingerprint density at radius 1 is 1.05 bits per heavy atom. The number of aromatic nitrogens is 2. The van der Waals surface area contributed by atoms with E-state index in [0.717, 1.165) is 0 Å². The molecular formula is C15H11FN2O3. The predicted molar refractivity (Wildman–Crippen MR) is 72.3 cm³/mol. The number of aromatic hydroxyl groups is 2. The van der Waals surface area contributed by atoms with Gasteiger partial charge in [0.2, 0.25) is 0 Å². The van der Waals surface area contributed by atoms with E-state index >= 15 is 0 Å². The molecular weight excluding hydrogens is 275 g/mol. The Balaban J connectivity index is 1.86. The van der Waals surface area contributed by atoms with Crippen LogP contribution in [0.2, 0.25) is 0 Å². The molecule has 0 fully saturated rings. The van der Waals surface area contributed by atoms with E-state index in [2.05, 4.69) is 10.1 Å². The molecule has 5 nitrogen and oxygen atoms in total. The number of phenolic OH excluding ortho intramolecular Hbond substituents is 2. The monoisotopic (exact) mass is 286 g/mol. The molecule has 0 aliphatic heterocycles. The van der Waals surface area contributed by atoms with Crippen molar-refractivity contribution < 1.29 is 19.1 Å². The van der Waals surface area contributed by atoms with Crippen molar-refractivity contribution in [3.05, 3.63) is 59.7 Å². The van der Waals surface area contributed by atoms with Crippen molar-refractivity contribution in [2.24, 2.45) is 0 Å². The van der Waals surface area contributed by atoms with Crippen LogP contribution >= 0.6 is 0 Å². The van der Waals surface area contributed by atoms with Crippen LogP contribution in [0.25, 0.3) is 11.5 Å². The van der Waals surface area contributed by atoms with Crippen LogP contribution in [-0.4, -0.2) is 20.4 Å². The number of benzene rings is 2. The molecule has 0 saturated heterocycles. The fourth-order valence-electron chi connectivity index (χ4n) is 1.91. The van der Waals surface area contributed by atoms with Gasteiger partial charge in [-0.1, -0.05) is 23.4 Å². The van der Waals surface area contributed by atoms with Crippen molar-refractivity contribution in [1.82, 2.24) is 10.1 Å². The first-order chi connectivity index (χ1) is 10.1. The van der Waals surface area contributed by atoms with Gasteiger partial charge in [-0.2, -0.15) is 4.98 Å². The van der Waals surface area contributed by atoms with Gasteiger partial charge in [0.25, 0.3) is 5.89 Å². The molecule has 106 valence electrons. The Morgan fingerprint density at radius 3 is 2.62 bits per heavy atom. The molecule has 6 heteroatoms. The van der Waals surface area contributed by atoms with Gasteiger partial charge >= 0.3 is 0 Å². The summed E-state index contributed by atoms with van der Waals surface area (Å²) in [5.74, 6) is -0.309. The summed E-state index contributed by atoms with van der Waals surface area (Å²) in [5.41, 5.74) is 0.941. The molecule has 2 N–H and O–H groups in total. The Hall–Kier alpha value is -2.89. The van der Waals surface area contributed by atoms with Gasteiger partial charge in [-0.15, -0.1) is 0 Å². The van der Waals surface area contributed by atoms with Gasteiger partial charge in [0.05, 0.1) is 0 Å². The second kappa shape index (κ2) is 5.24. The Morgan fingerprint density at radius 2 is 1.86 bits per heavy atom. The molecule has 3 aromatic rings. The van der Waals surface area contributed by atoms with Gasteiger partial charge < -0.3 is 14.7 Å². The van der Waals surface area contributed by atoms with Gasteiger partial charge in [0, 0.05) is 12.0 Å². The van der Waals surface area contributed by atoms with Crippen LogP contribution in [0.3, 0.4) is 0 Å². The fraction of sp³-hybridized carbons (Fsp3) is 0.0667. The van der Waals surface area contributed by atoms with E-state index in [4.69, 9.17) is 4.52 Å². The number of hydrogen-bond acceptors (Lipinski definition) is 5. The molecule has 0 bridgehead atoms. The molecule has 21 heavy (non-hydrogen) atoms. The lowest BCUT2D eigenvalue weighted by atomic mass is 10.1. The van der Waals surface area contributed by atoms with Crippen molar-refractivity contribution in [3.8, 4) is 23.0 Å². The summed E-state index contributed by atoms with van der Waals surface area (Å²) in [6.45, 7) is 0. The smallest absolute Gasteiger partial charge is 0.258 e. The van der Waals surface area contributed by atoms with Crippen molar-refractivity contribution in [2.75, 3.05) is 0 Å². The van der Waals surface area contributed by atoms with Gasteiger partial charge in [0.15, 0.2) is 17.3 Å². The molecule has 3 rings (SSSR count). The quantitative estimate of drug-likeness (QED) is 0.724.